The first kappa shape index (κ1) is 20.2. The van der Waals surface area contributed by atoms with E-state index in [4.69, 9.17) is 0 Å². The summed E-state index contributed by atoms with van der Waals surface area (Å²) in [6, 6.07) is 12.0. The zero-order valence-electron chi connectivity index (χ0n) is 17.9. The summed E-state index contributed by atoms with van der Waals surface area (Å²) in [5.41, 5.74) is 2.32. The third-order valence-corrected chi connectivity index (χ3v) is 8.41. The van der Waals surface area contributed by atoms with Gasteiger partial charge < -0.3 is 14.8 Å². The van der Waals surface area contributed by atoms with Crippen molar-refractivity contribution in [2.24, 2.45) is 0 Å². The molecule has 33 heavy (non-hydrogen) atoms. The van der Waals surface area contributed by atoms with E-state index in [0.717, 1.165) is 34.3 Å². The summed E-state index contributed by atoms with van der Waals surface area (Å²) >= 11 is 0. The molecular weight excluding hydrogens is 442 g/mol. The van der Waals surface area contributed by atoms with Gasteiger partial charge >= 0.3 is 0 Å². The molecule has 170 valence electrons. The first-order valence-electron chi connectivity index (χ1n) is 11.2. The van der Waals surface area contributed by atoms with E-state index in [9.17, 15) is 18.0 Å². The van der Waals surface area contributed by atoms with Crippen molar-refractivity contribution in [2.75, 3.05) is 31.1 Å². The van der Waals surface area contributed by atoms with Crippen LogP contribution in [0.1, 0.15) is 40.0 Å². The summed E-state index contributed by atoms with van der Waals surface area (Å²) in [6.45, 7) is 2.43. The summed E-state index contributed by atoms with van der Waals surface area (Å²) in [5, 5.41) is 0. The van der Waals surface area contributed by atoms with E-state index in [2.05, 4.69) is 14.9 Å². The molecule has 3 aromatic rings. The highest BCUT2D eigenvalue weighted by atomic mass is 32.2. The predicted octanol–water partition coefficient (Wildman–Crippen LogP) is 2.22. The summed E-state index contributed by atoms with van der Waals surface area (Å²) in [5.74, 6) is 0.0762. The van der Waals surface area contributed by atoms with Crippen LogP contribution in [0.25, 0.3) is 11.0 Å². The summed E-state index contributed by atoms with van der Waals surface area (Å²) in [7, 11) is -3.89. The molecule has 0 bridgehead atoms. The quantitative estimate of drug-likeness (QED) is 0.636. The second kappa shape index (κ2) is 7.31. The number of carbonyl (C=O) groups is 2. The number of hydrogen-bond acceptors (Lipinski definition) is 6. The van der Waals surface area contributed by atoms with Crippen LogP contribution in [0.4, 0.5) is 5.95 Å². The number of carbonyl (C=O) groups excluding carboxylic acids is 2. The van der Waals surface area contributed by atoms with Crippen LogP contribution in [0.2, 0.25) is 0 Å². The average molecular weight is 466 g/mol. The lowest BCUT2D eigenvalue weighted by molar-refractivity contribution is 0.0765. The monoisotopic (exact) mass is 465 g/mol. The molecule has 1 saturated carbocycles. The number of H-pyrrole nitrogens is 1. The Morgan fingerprint density at radius 3 is 2.64 bits per heavy atom. The number of sulfonamides is 1. The largest absolute Gasteiger partial charge is 0.341 e. The van der Waals surface area contributed by atoms with E-state index in [0.29, 0.717) is 38.0 Å². The highest BCUT2D eigenvalue weighted by Crippen LogP contribution is 2.39. The predicted molar refractivity (Wildman–Crippen MR) is 122 cm³/mol. The van der Waals surface area contributed by atoms with Crippen LogP contribution in [-0.4, -0.2) is 71.6 Å². The van der Waals surface area contributed by atoms with Crippen molar-refractivity contribution >= 4 is 38.8 Å². The van der Waals surface area contributed by atoms with E-state index >= 15 is 0 Å². The number of fused-ring (bicyclic) bond motifs is 2. The van der Waals surface area contributed by atoms with Crippen molar-refractivity contribution in [3.05, 3.63) is 53.6 Å². The number of anilines is 1. The zero-order chi connectivity index (χ0) is 22.7. The van der Waals surface area contributed by atoms with Crippen LogP contribution in [-0.2, 0) is 10.0 Å². The van der Waals surface area contributed by atoms with Gasteiger partial charge in [-0.2, -0.15) is 0 Å². The number of hydrogen-bond donors (Lipinski definition) is 1. The van der Waals surface area contributed by atoms with Gasteiger partial charge in [-0.25, -0.2) is 17.7 Å². The van der Waals surface area contributed by atoms with Gasteiger partial charge in [0.2, 0.25) is 5.95 Å². The number of aromatic amines is 1. The number of para-hydroxylation sites is 2. The first-order chi connectivity index (χ1) is 15.9. The molecule has 1 aliphatic carbocycles. The molecule has 2 aliphatic heterocycles. The van der Waals surface area contributed by atoms with Crippen molar-refractivity contribution in [2.45, 2.75) is 30.2 Å². The normalized spacial score (nSPS) is 20.2. The standard InChI is InChI=1S/C23H23N5O4S/c29-21(15-6-9-17-20(14-15)33(31,32)28(22(17)30)16-7-8-16)26-10-3-11-27(13-12-26)23-24-18-4-1-2-5-19(18)25-23/h1-2,4-6,9,14,16H,3,7-8,10-13H2,(H,24,25). The highest BCUT2D eigenvalue weighted by Gasteiger charge is 2.49. The molecule has 1 aromatic heterocycles. The van der Waals surface area contributed by atoms with Crippen LogP contribution < -0.4 is 4.90 Å². The molecule has 0 unspecified atom stereocenters. The number of aromatic nitrogens is 2. The molecule has 0 atom stereocenters. The molecule has 6 rings (SSSR count). The Morgan fingerprint density at radius 2 is 1.85 bits per heavy atom. The minimum Gasteiger partial charge on any atom is -0.341 e. The van der Waals surface area contributed by atoms with E-state index < -0.39 is 15.9 Å². The zero-order valence-corrected chi connectivity index (χ0v) is 18.7. The van der Waals surface area contributed by atoms with Crippen LogP contribution >= 0.6 is 0 Å². The fraction of sp³-hybridized carbons (Fsp3) is 0.348. The van der Waals surface area contributed by atoms with Gasteiger partial charge in [-0.15, -0.1) is 0 Å². The summed E-state index contributed by atoms with van der Waals surface area (Å²) in [6.07, 6.45) is 2.15. The topological polar surface area (TPSA) is 107 Å². The first-order valence-corrected chi connectivity index (χ1v) is 12.6. The minimum absolute atomic E-state index is 0.0519. The molecule has 10 heteroatoms. The van der Waals surface area contributed by atoms with E-state index in [1.54, 1.807) is 11.0 Å². The number of rotatable bonds is 3. The third-order valence-electron chi connectivity index (χ3n) is 6.53. The highest BCUT2D eigenvalue weighted by molar-refractivity contribution is 7.90. The Balaban J connectivity index is 1.22. The molecule has 2 fully saturated rings. The molecule has 2 aromatic carbocycles. The van der Waals surface area contributed by atoms with Crippen LogP contribution in [0, 0.1) is 0 Å². The van der Waals surface area contributed by atoms with Crippen LogP contribution in [0.3, 0.4) is 0 Å². The lowest BCUT2D eigenvalue weighted by atomic mass is 10.1. The maximum absolute atomic E-state index is 13.2. The maximum Gasteiger partial charge on any atom is 0.269 e. The number of amides is 2. The molecule has 1 saturated heterocycles. The Labute approximate surface area is 191 Å². The van der Waals surface area contributed by atoms with Crippen LogP contribution in [0.5, 0.6) is 0 Å². The fourth-order valence-corrected chi connectivity index (χ4v) is 6.50. The molecule has 0 radical (unpaired) electrons. The van der Waals surface area contributed by atoms with Gasteiger partial charge in [0.1, 0.15) is 4.90 Å². The van der Waals surface area contributed by atoms with Gasteiger partial charge in [0.25, 0.3) is 21.8 Å². The lowest BCUT2D eigenvalue weighted by Gasteiger charge is -2.22. The second-order valence-electron chi connectivity index (χ2n) is 8.76. The lowest BCUT2D eigenvalue weighted by Crippen LogP contribution is -2.35. The van der Waals surface area contributed by atoms with Crippen LogP contribution in [0.15, 0.2) is 47.4 Å². The van der Waals surface area contributed by atoms with Crippen molar-refractivity contribution < 1.29 is 18.0 Å². The smallest absolute Gasteiger partial charge is 0.269 e. The summed E-state index contributed by atoms with van der Waals surface area (Å²) < 4.78 is 26.8. The fourth-order valence-electron chi connectivity index (χ4n) is 4.65. The molecule has 0 spiro atoms. The SMILES string of the molecule is O=C(c1ccc2c(c1)S(=O)(=O)N(C1CC1)C2=O)N1CCCN(c2nc3ccccc3[nH]2)CC1. The van der Waals surface area contributed by atoms with E-state index in [1.165, 1.54) is 12.1 Å². The second-order valence-corrected chi connectivity index (χ2v) is 10.5. The summed E-state index contributed by atoms with van der Waals surface area (Å²) in [4.78, 5) is 37.7. The Hall–Kier alpha value is -3.40. The Kier molecular flexibility index (Phi) is 4.48. The van der Waals surface area contributed by atoms with Gasteiger partial charge in [-0.3, -0.25) is 9.59 Å². The van der Waals surface area contributed by atoms with Gasteiger partial charge in [-0.1, -0.05) is 12.1 Å². The Morgan fingerprint density at radius 1 is 1.03 bits per heavy atom. The van der Waals surface area contributed by atoms with Gasteiger partial charge in [-0.05, 0) is 49.6 Å². The van der Waals surface area contributed by atoms with E-state index in [-0.39, 0.29) is 22.4 Å². The average Bonchev–Trinajstić information content (AvgIpc) is 3.56. The third kappa shape index (κ3) is 3.28. The molecule has 3 aliphatic rings. The minimum atomic E-state index is -3.89. The maximum atomic E-state index is 13.2. The van der Waals surface area contributed by atoms with Gasteiger partial charge in [0.15, 0.2) is 0 Å². The molecule has 1 N–H and O–H groups in total. The molecule has 9 nitrogen and oxygen atoms in total. The number of nitrogens with one attached hydrogen (secondary N) is 1. The van der Waals surface area contributed by atoms with E-state index in [1.807, 2.05) is 24.3 Å². The number of nitrogens with zero attached hydrogens (tertiary/aromatic N) is 4. The molecule has 3 heterocycles. The van der Waals surface area contributed by atoms with Gasteiger partial charge in [0, 0.05) is 37.8 Å². The van der Waals surface area contributed by atoms with Crippen molar-refractivity contribution in [1.29, 1.82) is 0 Å². The number of benzene rings is 2. The van der Waals surface area contributed by atoms with Crippen molar-refractivity contribution in [3.8, 4) is 0 Å². The molecular formula is C23H23N5O4S. The van der Waals surface area contributed by atoms with Crippen molar-refractivity contribution in [1.82, 2.24) is 19.2 Å². The molecule has 2 amide bonds. The van der Waals surface area contributed by atoms with Crippen molar-refractivity contribution in [3.63, 3.8) is 0 Å². The number of imidazole rings is 1. The Bertz CT molecular complexity index is 1360. The van der Waals surface area contributed by atoms with Gasteiger partial charge in [0.05, 0.1) is 16.6 Å².